The highest BCUT2D eigenvalue weighted by molar-refractivity contribution is 5.62. The normalized spacial score (nSPS) is 16.9. The summed E-state index contributed by atoms with van der Waals surface area (Å²) in [7, 11) is 0. The Kier molecular flexibility index (Phi) is 4.28. The lowest BCUT2D eigenvalue weighted by Crippen LogP contribution is -2.31. The Bertz CT molecular complexity index is 391. The molecule has 1 saturated heterocycles. The van der Waals surface area contributed by atoms with Crippen molar-refractivity contribution in [3.8, 4) is 0 Å². The molecule has 2 nitrogen and oxygen atoms in total. The second-order valence-corrected chi connectivity index (χ2v) is 5.71. The second-order valence-electron chi connectivity index (χ2n) is 5.71. The van der Waals surface area contributed by atoms with Crippen LogP contribution in [0.25, 0.3) is 0 Å². The van der Waals surface area contributed by atoms with Crippen molar-refractivity contribution < 1.29 is 0 Å². The van der Waals surface area contributed by atoms with E-state index in [1.54, 1.807) is 0 Å². The first-order valence-corrected chi connectivity index (χ1v) is 7.11. The van der Waals surface area contributed by atoms with Crippen molar-refractivity contribution in [1.82, 2.24) is 5.32 Å². The maximum atomic E-state index is 3.70. The van der Waals surface area contributed by atoms with E-state index in [9.17, 15) is 0 Å². The van der Waals surface area contributed by atoms with Gasteiger partial charge in [0, 0.05) is 12.2 Å². The Hall–Kier alpha value is -1.02. The predicted molar refractivity (Wildman–Crippen MR) is 79.5 cm³/mol. The van der Waals surface area contributed by atoms with Gasteiger partial charge < -0.3 is 10.6 Å². The van der Waals surface area contributed by atoms with E-state index in [4.69, 9.17) is 0 Å². The number of rotatable bonds is 3. The Morgan fingerprint density at radius 3 is 2.17 bits per heavy atom. The zero-order chi connectivity index (χ0) is 13.1. The number of benzene rings is 1. The van der Waals surface area contributed by atoms with Gasteiger partial charge in [0.15, 0.2) is 0 Å². The van der Waals surface area contributed by atoms with Gasteiger partial charge in [0.2, 0.25) is 0 Å². The summed E-state index contributed by atoms with van der Waals surface area (Å²) in [4.78, 5) is 0. The highest BCUT2D eigenvalue weighted by atomic mass is 14.9. The van der Waals surface area contributed by atoms with Crippen LogP contribution in [0.4, 0.5) is 5.69 Å². The van der Waals surface area contributed by atoms with E-state index < -0.39 is 0 Å². The summed E-state index contributed by atoms with van der Waals surface area (Å²) < 4.78 is 0. The number of aryl methyl sites for hydroxylation is 2. The van der Waals surface area contributed by atoms with Crippen LogP contribution in [-0.4, -0.2) is 19.6 Å². The summed E-state index contributed by atoms with van der Waals surface area (Å²) in [6, 6.07) is 2.29. The van der Waals surface area contributed by atoms with Gasteiger partial charge in [-0.05, 0) is 81.8 Å². The van der Waals surface area contributed by atoms with E-state index in [2.05, 4.69) is 44.4 Å². The van der Waals surface area contributed by atoms with Crippen molar-refractivity contribution in [3.63, 3.8) is 0 Å². The number of anilines is 1. The summed E-state index contributed by atoms with van der Waals surface area (Å²) >= 11 is 0. The smallest absolute Gasteiger partial charge is 0.0405 e. The summed E-state index contributed by atoms with van der Waals surface area (Å²) in [5.41, 5.74) is 6.97. The third kappa shape index (κ3) is 2.86. The highest BCUT2D eigenvalue weighted by Crippen LogP contribution is 2.27. The van der Waals surface area contributed by atoms with E-state index in [-0.39, 0.29) is 0 Å². The minimum absolute atomic E-state index is 0.825. The minimum Gasteiger partial charge on any atom is -0.384 e. The van der Waals surface area contributed by atoms with Gasteiger partial charge in [-0.25, -0.2) is 0 Å². The molecule has 1 aliphatic heterocycles. The van der Waals surface area contributed by atoms with Gasteiger partial charge in [-0.3, -0.25) is 0 Å². The van der Waals surface area contributed by atoms with Gasteiger partial charge in [0.05, 0.1) is 0 Å². The van der Waals surface area contributed by atoms with E-state index in [0.717, 1.165) is 12.5 Å². The topological polar surface area (TPSA) is 24.1 Å². The van der Waals surface area contributed by atoms with Crippen molar-refractivity contribution >= 4 is 5.69 Å². The molecule has 1 aromatic rings. The fourth-order valence-corrected chi connectivity index (χ4v) is 2.81. The lowest BCUT2D eigenvalue weighted by molar-refractivity contribution is 0.390. The standard InChI is InChI=1S/C16H26N2/c1-11-9-12(2)14(4)16(13(11)3)18-10-15-5-7-17-8-6-15/h9,15,17-18H,5-8,10H2,1-4H3. The van der Waals surface area contributed by atoms with Crippen molar-refractivity contribution in [1.29, 1.82) is 0 Å². The van der Waals surface area contributed by atoms with Gasteiger partial charge in [-0.2, -0.15) is 0 Å². The van der Waals surface area contributed by atoms with Crippen molar-refractivity contribution in [2.75, 3.05) is 25.0 Å². The van der Waals surface area contributed by atoms with Gasteiger partial charge in [-0.1, -0.05) is 6.07 Å². The Morgan fingerprint density at radius 1 is 1.06 bits per heavy atom. The highest BCUT2D eigenvalue weighted by Gasteiger charge is 2.14. The monoisotopic (exact) mass is 246 g/mol. The van der Waals surface area contributed by atoms with Crippen LogP contribution in [0.3, 0.4) is 0 Å². The molecule has 0 bridgehead atoms. The molecule has 0 aliphatic carbocycles. The van der Waals surface area contributed by atoms with Crippen molar-refractivity contribution in [3.05, 3.63) is 28.3 Å². The maximum Gasteiger partial charge on any atom is 0.0405 e. The molecule has 2 rings (SSSR count). The minimum atomic E-state index is 0.825. The first-order valence-electron chi connectivity index (χ1n) is 7.11. The zero-order valence-corrected chi connectivity index (χ0v) is 12.2. The van der Waals surface area contributed by atoms with Crippen LogP contribution in [0.5, 0.6) is 0 Å². The number of hydrogen-bond acceptors (Lipinski definition) is 2. The largest absolute Gasteiger partial charge is 0.384 e. The average molecular weight is 246 g/mol. The first-order chi connectivity index (χ1) is 8.59. The third-order valence-electron chi connectivity index (χ3n) is 4.39. The van der Waals surface area contributed by atoms with Gasteiger partial charge in [0.1, 0.15) is 0 Å². The van der Waals surface area contributed by atoms with Crippen LogP contribution < -0.4 is 10.6 Å². The molecule has 1 heterocycles. The van der Waals surface area contributed by atoms with Crippen molar-refractivity contribution in [2.24, 2.45) is 5.92 Å². The van der Waals surface area contributed by atoms with Crippen LogP contribution >= 0.6 is 0 Å². The first kappa shape index (κ1) is 13.4. The number of piperidine rings is 1. The molecule has 0 aromatic heterocycles. The molecule has 1 aromatic carbocycles. The fourth-order valence-electron chi connectivity index (χ4n) is 2.81. The SMILES string of the molecule is Cc1cc(C)c(C)c(NCC2CCNCC2)c1C. The van der Waals surface area contributed by atoms with Crippen LogP contribution in [0.15, 0.2) is 6.07 Å². The van der Waals surface area contributed by atoms with E-state index in [1.807, 2.05) is 0 Å². The van der Waals surface area contributed by atoms with E-state index in [1.165, 1.54) is 53.9 Å². The van der Waals surface area contributed by atoms with Crippen LogP contribution in [-0.2, 0) is 0 Å². The maximum absolute atomic E-state index is 3.70. The van der Waals surface area contributed by atoms with Gasteiger partial charge >= 0.3 is 0 Å². The fraction of sp³-hybridized carbons (Fsp3) is 0.625. The Morgan fingerprint density at radius 2 is 1.61 bits per heavy atom. The average Bonchev–Trinajstić information content (AvgIpc) is 2.38. The summed E-state index contributed by atoms with van der Waals surface area (Å²) in [5, 5.41) is 7.13. The molecule has 0 amide bonds. The Balaban J connectivity index is 2.08. The predicted octanol–water partition coefficient (Wildman–Crippen LogP) is 3.33. The second kappa shape index (κ2) is 5.75. The molecule has 2 N–H and O–H groups in total. The molecule has 0 spiro atoms. The van der Waals surface area contributed by atoms with Gasteiger partial charge in [-0.15, -0.1) is 0 Å². The molecule has 1 aliphatic rings. The van der Waals surface area contributed by atoms with Crippen molar-refractivity contribution in [2.45, 2.75) is 40.5 Å². The van der Waals surface area contributed by atoms with E-state index >= 15 is 0 Å². The summed E-state index contributed by atoms with van der Waals surface area (Å²) in [6.07, 6.45) is 2.60. The van der Waals surface area contributed by atoms with Crippen LogP contribution in [0.2, 0.25) is 0 Å². The quantitative estimate of drug-likeness (QED) is 0.855. The lowest BCUT2D eigenvalue weighted by atomic mass is 9.96. The Labute approximate surface area is 111 Å². The molecule has 2 heteroatoms. The third-order valence-corrected chi connectivity index (χ3v) is 4.39. The summed E-state index contributed by atoms with van der Waals surface area (Å²) in [5.74, 6) is 0.825. The molecule has 0 atom stereocenters. The summed E-state index contributed by atoms with van der Waals surface area (Å²) in [6.45, 7) is 12.3. The van der Waals surface area contributed by atoms with Gasteiger partial charge in [0.25, 0.3) is 0 Å². The molecular formula is C16H26N2. The number of hydrogen-bond donors (Lipinski definition) is 2. The number of nitrogens with one attached hydrogen (secondary N) is 2. The molecular weight excluding hydrogens is 220 g/mol. The molecule has 0 unspecified atom stereocenters. The molecule has 1 fully saturated rings. The molecule has 100 valence electrons. The zero-order valence-electron chi connectivity index (χ0n) is 12.2. The van der Waals surface area contributed by atoms with Crippen LogP contribution in [0, 0.1) is 33.6 Å². The molecule has 0 saturated carbocycles. The van der Waals surface area contributed by atoms with Crippen LogP contribution in [0.1, 0.15) is 35.1 Å². The lowest BCUT2D eigenvalue weighted by Gasteiger charge is -2.25. The molecule has 0 radical (unpaired) electrons. The molecule has 18 heavy (non-hydrogen) atoms. The van der Waals surface area contributed by atoms with E-state index in [0.29, 0.717) is 0 Å².